The van der Waals surface area contributed by atoms with E-state index >= 15 is 0 Å². The van der Waals surface area contributed by atoms with E-state index in [1.807, 2.05) is 0 Å². The van der Waals surface area contributed by atoms with E-state index in [4.69, 9.17) is 0 Å². The average molecular weight is 444 g/mol. The molecule has 0 spiro atoms. The summed E-state index contributed by atoms with van der Waals surface area (Å²) in [6.07, 6.45) is -9.59. The number of aryl methyl sites for hydroxylation is 1. The second-order valence-electron chi connectivity index (χ2n) is 6.30. The molecule has 0 atom stereocenters. The average Bonchev–Trinajstić information content (AvgIpc) is 3.02. The third kappa shape index (κ3) is 3.73. The number of nitrogens with zero attached hydrogens (tertiary/aromatic N) is 4. The fourth-order valence-corrected chi connectivity index (χ4v) is 2.59. The standard InChI is InChI=1S/C16H9F9N4O/c1-7-2-10-27-12(15(20,21)22)11(13(30)29(10)5-9(7)17)8-3-26-28(4-8)6-14(18,19)16(23,24)25/h2-5H,6H2,1H3. The molecular weight excluding hydrogens is 435 g/mol. The number of halogens is 9. The molecule has 3 heterocycles. The van der Waals surface area contributed by atoms with Crippen molar-refractivity contribution in [1.82, 2.24) is 19.2 Å². The van der Waals surface area contributed by atoms with Crippen molar-refractivity contribution < 1.29 is 39.5 Å². The zero-order valence-corrected chi connectivity index (χ0v) is 14.6. The van der Waals surface area contributed by atoms with E-state index in [0.717, 1.165) is 6.07 Å². The zero-order chi connectivity index (χ0) is 22.6. The number of fused-ring (bicyclic) bond motifs is 1. The molecular formula is C16H9F9N4O. The Balaban J connectivity index is 2.21. The van der Waals surface area contributed by atoms with Gasteiger partial charge >= 0.3 is 18.3 Å². The minimum Gasteiger partial charge on any atom is -0.268 e. The van der Waals surface area contributed by atoms with E-state index in [1.165, 1.54) is 6.92 Å². The van der Waals surface area contributed by atoms with Gasteiger partial charge < -0.3 is 0 Å². The van der Waals surface area contributed by atoms with Crippen molar-refractivity contribution >= 4 is 5.65 Å². The highest BCUT2D eigenvalue weighted by molar-refractivity contribution is 5.66. The maximum absolute atomic E-state index is 13.8. The number of rotatable bonds is 3. The van der Waals surface area contributed by atoms with Crippen LogP contribution in [-0.4, -0.2) is 31.3 Å². The van der Waals surface area contributed by atoms with Crippen LogP contribution < -0.4 is 5.56 Å². The van der Waals surface area contributed by atoms with Gasteiger partial charge in [0, 0.05) is 11.8 Å². The van der Waals surface area contributed by atoms with Crippen LogP contribution in [0.1, 0.15) is 11.3 Å². The van der Waals surface area contributed by atoms with Gasteiger partial charge in [0.05, 0.1) is 18.0 Å². The molecule has 0 aliphatic rings. The van der Waals surface area contributed by atoms with Crippen LogP contribution >= 0.6 is 0 Å². The van der Waals surface area contributed by atoms with Crippen molar-refractivity contribution in [2.45, 2.75) is 31.7 Å². The lowest BCUT2D eigenvalue weighted by Crippen LogP contribution is -2.40. The van der Waals surface area contributed by atoms with Gasteiger partial charge in [0.15, 0.2) is 5.69 Å². The Bertz CT molecular complexity index is 1170. The third-order valence-electron chi connectivity index (χ3n) is 4.07. The molecule has 0 fully saturated rings. The van der Waals surface area contributed by atoms with Gasteiger partial charge in [-0.2, -0.15) is 40.2 Å². The summed E-state index contributed by atoms with van der Waals surface area (Å²) in [5, 5.41) is 3.19. The number of alkyl halides is 8. The minimum atomic E-state index is -5.92. The molecule has 162 valence electrons. The third-order valence-corrected chi connectivity index (χ3v) is 4.07. The summed E-state index contributed by atoms with van der Waals surface area (Å²) >= 11 is 0. The second kappa shape index (κ2) is 6.74. The van der Waals surface area contributed by atoms with Gasteiger partial charge in [0.25, 0.3) is 5.56 Å². The lowest BCUT2D eigenvalue weighted by Gasteiger charge is -2.19. The molecule has 0 aliphatic heterocycles. The predicted molar refractivity (Wildman–Crippen MR) is 83.4 cm³/mol. The summed E-state index contributed by atoms with van der Waals surface area (Å²) in [6, 6.07) is 0.892. The van der Waals surface area contributed by atoms with E-state index < -0.39 is 58.7 Å². The molecule has 0 bridgehead atoms. The van der Waals surface area contributed by atoms with Gasteiger partial charge in [0.2, 0.25) is 0 Å². The van der Waals surface area contributed by atoms with E-state index in [9.17, 15) is 44.3 Å². The van der Waals surface area contributed by atoms with Gasteiger partial charge in [0.1, 0.15) is 18.0 Å². The van der Waals surface area contributed by atoms with Crippen LogP contribution in [0.4, 0.5) is 39.5 Å². The molecule has 0 aliphatic carbocycles. The minimum absolute atomic E-state index is 0.0486. The van der Waals surface area contributed by atoms with E-state index in [2.05, 4.69) is 10.1 Å². The molecule has 30 heavy (non-hydrogen) atoms. The smallest absolute Gasteiger partial charge is 0.268 e. The molecule has 3 rings (SSSR count). The molecule has 5 nitrogen and oxygen atoms in total. The fraction of sp³-hybridized carbons (Fsp3) is 0.312. The van der Waals surface area contributed by atoms with Crippen LogP contribution in [0.5, 0.6) is 0 Å². The zero-order valence-electron chi connectivity index (χ0n) is 14.6. The molecule has 0 unspecified atom stereocenters. The van der Waals surface area contributed by atoms with Crippen molar-refractivity contribution in [2.75, 3.05) is 0 Å². The van der Waals surface area contributed by atoms with Crippen LogP contribution in [0.3, 0.4) is 0 Å². The van der Waals surface area contributed by atoms with E-state index in [0.29, 0.717) is 23.0 Å². The fourth-order valence-electron chi connectivity index (χ4n) is 2.59. The van der Waals surface area contributed by atoms with Crippen LogP contribution in [0.2, 0.25) is 0 Å². The maximum Gasteiger partial charge on any atom is 0.455 e. The molecule has 0 aromatic carbocycles. The molecule has 14 heteroatoms. The highest BCUT2D eigenvalue weighted by atomic mass is 19.4. The molecule has 0 saturated heterocycles. The molecule has 0 N–H and O–H groups in total. The van der Waals surface area contributed by atoms with Crippen LogP contribution in [-0.2, 0) is 12.7 Å². The highest BCUT2D eigenvalue weighted by Gasteiger charge is 2.57. The van der Waals surface area contributed by atoms with Crippen LogP contribution in [0, 0.1) is 12.7 Å². The Morgan fingerprint density at radius 2 is 1.67 bits per heavy atom. The van der Waals surface area contributed by atoms with Gasteiger partial charge in [-0.1, -0.05) is 0 Å². The van der Waals surface area contributed by atoms with Crippen molar-refractivity contribution in [3.63, 3.8) is 0 Å². The number of hydrogen-bond donors (Lipinski definition) is 0. The Morgan fingerprint density at radius 3 is 2.23 bits per heavy atom. The first kappa shape index (κ1) is 21.6. The molecule has 0 radical (unpaired) electrons. The van der Waals surface area contributed by atoms with Crippen molar-refractivity contribution in [3.05, 3.63) is 52.1 Å². The summed E-state index contributed by atoms with van der Waals surface area (Å²) in [5.74, 6) is -6.15. The van der Waals surface area contributed by atoms with Gasteiger partial charge in [-0.05, 0) is 18.6 Å². The first-order chi connectivity index (χ1) is 13.6. The van der Waals surface area contributed by atoms with Crippen molar-refractivity contribution in [1.29, 1.82) is 0 Å². The first-order valence-corrected chi connectivity index (χ1v) is 7.89. The summed E-state index contributed by atoms with van der Waals surface area (Å²) < 4.78 is 118. The van der Waals surface area contributed by atoms with E-state index in [-0.39, 0.29) is 10.2 Å². The summed E-state index contributed by atoms with van der Waals surface area (Å²) in [4.78, 5) is 15.9. The quantitative estimate of drug-likeness (QED) is 0.569. The second-order valence-corrected chi connectivity index (χ2v) is 6.30. The lowest BCUT2D eigenvalue weighted by molar-refractivity contribution is -0.287. The van der Waals surface area contributed by atoms with E-state index in [1.54, 1.807) is 0 Å². The van der Waals surface area contributed by atoms with Crippen LogP contribution in [0.15, 0.2) is 29.5 Å². The van der Waals surface area contributed by atoms with Gasteiger partial charge in [-0.3, -0.25) is 13.9 Å². The summed E-state index contributed by atoms with van der Waals surface area (Å²) in [5.41, 5.74) is -5.65. The lowest BCUT2D eigenvalue weighted by atomic mass is 10.1. The summed E-state index contributed by atoms with van der Waals surface area (Å²) in [6.45, 7) is -0.790. The van der Waals surface area contributed by atoms with Crippen LogP contribution in [0.25, 0.3) is 16.8 Å². The molecule has 3 aromatic heterocycles. The summed E-state index contributed by atoms with van der Waals surface area (Å²) in [7, 11) is 0. The predicted octanol–water partition coefficient (Wildman–Crippen LogP) is 4.22. The normalized spacial score (nSPS) is 13.3. The largest absolute Gasteiger partial charge is 0.455 e. The molecule has 0 saturated carbocycles. The monoisotopic (exact) mass is 444 g/mol. The van der Waals surface area contributed by atoms with Gasteiger partial charge in [-0.25, -0.2) is 9.37 Å². The highest BCUT2D eigenvalue weighted by Crippen LogP contribution is 2.37. The van der Waals surface area contributed by atoms with Gasteiger partial charge in [-0.15, -0.1) is 0 Å². The number of pyridine rings is 1. The van der Waals surface area contributed by atoms with Crippen molar-refractivity contribution in [2.24, 2.45) is 0 Å². The Morgan fingerprint density at radius 1 is 1.03 bits per heavy atom. The number of aromatic nitrogens is 4. The molecule has 0 amide bonds. The topological polar surface area (TPSA) is 52.2 Å². The Kier molecular flexibility index (Phi) is 4.86. The maximum atomic E-state index is 13.8. The molecule has 3 aromatic rings. The first-order valence-electron chi connectivity index (χ1n) is 7.89. The Labute approximate surface area is 160 Å². The SMILES string of the molecule is Cc1cc2nc(C(F)(F)F)c(-c3cnn(CC(F)(F)C(F)(F)F)c3)c(=O)n2cc1F. The van der Waals surface area contributed by atoms with Crippen molar-refractivity contribution in [3.8, 4) is 11.1 Å². The Hall–Kier alpha value is -3.06. The number of hydrogen-bond acceptors (Lipinski definition) is 3.